The summed E-state index contributed by atoms with van der Waals surface area (Å²) < 4.78 is 0. The molecule has 0 amide bonds. The molecule has 0 saturated heterocycles. The number of hydrogen-bond donors (Lipinski definition) is 1. The van der Waals surface area contributed by atoms with E-state index in [0.717, 1.165) is 6.42 Å². The fourth-order valence-corrected chi connectivity index (χ4v) is 1.25. The monoisotopic (exact) mass is 144 g/mol. The van der Waals surface area contributed by atoms with Gasteiger partial charge < -0.3 is 5.11 Å². The van der Waals surface area contributed by atoms with Crippen molar-refractivity contribution < 1.29 is 5.11 Å². The molecule has 62 valence electrons. The Morgan fingerprint density at radius 1 is 1.30 bits per heavy atom. The molecular weight excluding hydrogens is 124 g/mol. The largest absolute Gasteiger partial charge is 0.393 e. The SMILES string of the molecule is CCCC[C@@H](CC)[C@@H](C)O. The first-order chi connectivity index (χ1) is 4.72. The summed E-state index contributed by atoms with van der Waals surface area (Å²) in [7, 11) is 0. The van der Waals surface area contributed by atoms with Crippen LogP contribution in [0.3, 0.4) is 0 Å². The van der Waals surface area contributed by atoms with Crippen LogP contribution in [0.2, 0.25) is 0 Å². The van der Waals surface area contributed by atoms with Crippen LogP contribution in [0, 0.1) is 5.92 Å². The average Bonchev–Trinajstić information content (AvgIpc) is 1.89. The van der Waals surface area contributed by atoms with E-state index < -0.39 is 0 Å². The number of unbranched alkanes of at least 4 members (excludes halogenated alkanes) is 1. The van der Waals surface area contributed by atoms with E-state index in [-0.39, 0.29) is 6.10 Å². The first-order valence-electron chi connectivity index (χ1n) is 4.40. The summed E-state index contributed by atoms with van der Waals surface area (Å²) in [4.78, 5) is 0. The van der Waals surface area contributed by atoms with Gasteiger partial charge in [0.2, 0.25) is 0 Å². The van der Waals surface area contributed by atoms with Crippen molar-refractivity contribution in [3.63, 3.8) is 0 Å². The van der Waals surface area contributed by atoms with Crippen LogP contribution in [0.25, 0.3) is 0 Å². The highest BCUT2D eigenvalue weighted by atomic mass is 16.3. The van der Waals surface area contributed by atoms with Gasteiger partial charge in [0.1, 0.15) is 0 Å². The lowest BCUT2D eigenvalue weighted by Crippen LogP contribution is -2.15. The van der Waals surface area contributed by atoms with E-state index in [9.17, 15) is 5.11 Å². The molecule has 0 saturated carbocycles. The van der Waals surface area contributed by atoms with Crippen LogP contribution in [0.15, 0.2) is 0 Å². The summed E-state index contributed by atoms with van der Waals surface area (Å²) in [6, 6.07) is 0. The molecule has 0 spiro atoms. The van der Waals surface area contributed by atoms with Crippen molar-refractivity contribution in [2.45, 2.75) is 52.6 Å². The molecule has 0 aromatic carbocycles. The Balaban J connectivity index is 3.40. The first-order valence-corrected chi connectivity index (χ1v) is 4.40. The van der Waals surface area contributed by atoms with Gasteiger partial charge in [0.05, 0.1) is 6.10 Å². The number of aliphatic hydroxyl groups excluding tert-OH is 1. The van der Waals surface area contributed by atoms with Gasteiger partial charge >= 0.3 is 0 Å². The van der Waals surface area contributed by atoms with Crippen molar-refractivity contribution in [3.8, 4) is 0 Å². The molecule has 0 aliphatic heterocycles. The molecule has 0 unspecified atom stereocenters. The minimum Gasteiger partial charge on any atom is -0.393 e. The van der Waals surface area contributed by atoms with Crippen molar-refractivity contribution in [1.82, 2.24) is 0 Å². The van der Waals surface area contributed by atoms with Crippen molar-refractivity contribution in [2.75, 3.05) is 0 Å². The smallest absolute Gasteiger partial charge is 0.0540 e. The predicted molar refractivity (Wildman–Crippen MR) is 45.0 cm³/mol. The fourth-order valence-electron chi connectivity index (χ4n) is 1.25. The molecule has 0 aliphatic rings. The van der Waals surface area contributed by atoms with Crippen LogP contribution in [0.5, 0.6) is 0 Å². The fraction of sp³-hybridized carbons (Fsp3) is 1.00. The van der Waals surface area contributed by atoms with E-state index in [2.05, 4.69) is 13.8 Å². The second kappa shape index (κ2) is 5.72. The topological polar surface area (TPSA) is 20.2 Å². The third-order valence-corrected chi connectivity index (χ3v) is 2.14. The van der Waals surface area contributed by atoms with E-state index in [0.29, 0.717) is 5.92 Å². The van der Waals surface area contributed by atoms with Gasteiger partial charge in [-0.2, -0.15) is 0 Å². The van der Waals surface area contributed by atoms with Crippen LogP contribution in [-0.2, 0) is 0 Å². The molecule has 0 aliphatic carbocycles. The standard InChI is InChI=1S/C9H20O/c1-4-6-7-9(5-2)8(3)10/h8-10H,4-7H2,1-3H3/t8-,9-/m1/s1. The zero-order chi connectivity index (χ0) is 7.98. The molecular formula is C9H20O. The number of hydrogen-bond acceptors (Lipinski definition) is 1. The first kappa shape index (κ1) is 9.96. The summed E-state index contributed by atoms with van der Waals surface area (Å²) in [6.07, 6.45) is 4.67. The molecule has 0 bridgehead atoms. The molecule has 0 rings (SSSR count). The molecule has 0 aromatic rings. The maximum absolute atomic E-state index is 9.24. The normalized spacial score (nSPS) is 16.8. The zero-order valence-corrected chi connectivity index (χ0v) is 7.43. The predicted octanol–water partition coefficient (Wildman–Crippen LogP) is 2.58. The Labute approximate surface area is 64.5 Å². The van der Waals surface area contributed by atoms with Crippen molar-refractivity contribution in [3.05, 3.63) is 0 Å². The summed E-state index contributed by atoms with van der Waals surface area (Å²) in [5, 5.41) is 9.24. The lowest BCUT2D eigenvalue weighted by Gasteiger charge is -2.16. The van der Waals surface area contributed by atoms with Gasteiger partial charge in [-0.3, -0.25) is 0 Å². The summed E-state index contributed by atoms with van der Waals surface area (Å²) in [6.45, 7) is 6.23. The molecule has 1 nitrogen and oxygen atoms in total. The summed E-state index contributed by atoms with van der Waals surface area (Å²) in [5.41, 5.74) is 0. The van der Waals surface area contributed by atoms with Crippen LogP contribution < -0.4 is 0 Å². The van der Waals surface area contributed by atoms with Crippen molar-refractivity contribution in [2.24, 2.45) is 5.92 Å². The van der Waals surface area contributed by atoms with Crippen LogP contribution in [-0.4, -0.2) is 11.2 Å². The molecule has 10 heavy (non-hydrogen) atoms. The van der Waals surface area contributed by atoms with Gasteiger partial charge in [-0.15, -0.1) is 0 Å². The highest BCUT2D eigenvalue weighted by molar-refractivity contribution is 4.62. The lowest BCUT2D eigenvalue weighted by atomic mass is 9.95. The van der Waals surface area contributed by atoms with E-state index in [4.69, 9.17) is 0 Å². The average molecular weight is 144 g/mol. The Morgan fingerprint density at radius 3 is 2.20 bits per heavy atom. The maximum Gasteiger partial charge on any atom is 0.0540 e. The summed E-state index contributed by atoms with van der Waals surface area (Å²) in [5.74, 6) is 0.528. The van der Waals surface area contributed by atoms with E-state index in [1.807, 2.05) is 6.92 Å². The van der Waals surface area contributed by atoms with Gasteiger partial charge in [0.15, 0.2) is 0 Å². The Kier molecular flexibility index (Phi) is 5.70. The minimum absolute atomic E-state index is 0.114. The van der Waals surface area contributed by atoms with Crippen LogP contribution >= 0.6 is 0 Å². The van der Waals surface area contributed by atoms with Gasteiger partial charge in [-0.1, -0.05) is 33.1 Å². The molecule has 1 N–H and O–H groups in total. The molecule has 0 aromatic heterocycles. The van der Waals surface area contributed by atoms with Crippen molar-refractivity contribution >= 4 is 0 Å². The zero-order valence-electron chi connectivity index (χ0n) is 7.43. The molecule has 0 radical (unpaired) electrons. The molecule has 1 heteroatoms. The Hall–Kier alpha value is -0.0400. The Morgan fingerprint density at radius 2 is 1.90 bits per heavy atom. The van der Waals surface area contributed by atoms with E-state index in [1.165, 1.54) is 19.3 Å². The quantitative estimate of drug-likeness (QED) is 0.628. The number of rotatable bonds is 5. The second-order valence-corrected chi connectivity index (χ2v) is 3.05. The van der Waals surface area contributed by atoms with Gasteiger partial charge in [0.25, 0.3) is 0 Å². The van der Waals surface area contributed by atoms with Crippen molar-refractivity contribution in [1.29, 1.82) is 0 Å². The molecule has 0 heterocycles. The van der Waals surface area contributed by atoms with Crippen LogP contribution in [0.4, 0.5) is 0 Å². The van der Waals surface area contributed by atoms with Gasteiger partial charge in [-0.25, -0.2) is 0 Å². The minimum atomic E-state index is -0.114. The lowest BCUT2D eigenvalue weighted by molar-refractivity contribution is 0.116. The maximum atomic E-state index is 9.24. The third-order valence-electron chi connectivity index (χ3n) is 2.14. The highest BCUT2D eigenvalue weighted by Crippen LogP contribution is 2.15. The van der Waals surface area contributed by atoms with Gasteiger partial charge in [-0.05, 0) is 19.3 Å². The highest BCUT2D eigenvalue weighted by Gasteiger charge is 2.10. The van der Waals surface area contributed by atoms with E-state index in [1.54, 1.807) is 0 Å². The number of aliphatic hydroxyl groups is 1. The Bertz CT molecular complexity index is 69.1. The van der Waals surface area contributed by atoms with Crippen LogP contribution in [0.1, 0.15) is 46.5 Å². The second-order valence-electron chi connectivity index (χ2n) is 3.05. The van der Waals surface area contributed by atoms with Gasteiger partial charge in [0, 0.05) is 0 Å². The third kappa shape index (κ3) is 3.89. The summed E-state index contributed by atoms with van der Waals surface area (Å²) >= 11 is 0. The molecule has 0 fully saturated rings. The molecule has 2 atom stereocenters. The van der Waals surface area contributed by atoms with E-state index >= 15 is 0 Å².